The molecule has 0 aliphatic carbocycles. The van der Waals surface area contributed by atoms with Crippen molar-refractivity contribution in [2.24, 2.45) is 23.7 Å². The van der Waals surface area contributed by atoms with Gasteiger partial charge in [0.15, 0.2) is 12.2 Å². The standard InChI is InChI=1S/C84H164O17P2/c1-74(2)60-52-44-36-28-22-17-13-11-9-10-12-14-20-26-32-42-50-58-66-83(88)100-79(70-94-81(86)64-56-48-40-31-25-19-16-15-18-23-29-37-45-53-61-75(3)4)72-98-102(90,91)96-68-78(85)69-97-103(92,93)99-73-80(71-95-82(87)65-57-49-41-35-34-39-47-55-63-77(7)8)101-84(89)67-59-51-43-33-27-21-24-30-38-46-54-62-76(5)6/h74-80,85H,9-73H2,1-8H3,(H,90,91)(H,92,93)/t78-,79-,80-/m1/s1. The molecule has 0 aromatic heterocycles. The molecule has 0 radical (unpaired) electrons. The maximum Gasteiger partial charge on any atom is 0.472 e. The summed E-state index contributed by atoms with van der Waals surface area (Å²) in [6.07, 6.45) is 61.1. The van der Waals surface area contributed by atoms with Crippen LogP contribution in [0.5, 0.6) is 0 Å². The van der Waals surface area contributed by atoms with Gasteiger partial charge in [-0.3, -0.25) is 37.3 Å². The van der Waals surface area contributed by atoms with Gasteiger partial charge in [0.25, 0.3) is 0 Å². The molecule has 0 aromatic rings. The number of ether oxygens (including phenoxy) is 4. The average Bonchev–Trinajstić information content (AvgIpc) is 0.906. The normalized spacial score (nSPS) is 14.0. The van der Waals surface area contributed by atoms with Gasteiger partial charge in [-0.2, -0.15) is 0 Å². The van der Waals surface area contributed by atoms with Gasteiger partial charge >= 0.3 is 39.5 Å². The number of rotatable bonds is 81. The summed E-state index contributed by atoms with van der Waals surface area (Å²) in [5, 5.41) is 10.7. The highest BCUT2D eigenvalue weighted by molar-refractivity contribution is 7.47. The van der Waals surface area contributed by atoms with Crippen LogP contribution in [0.15, 0.2) is 0 Å². The van der Waals surface area contributed by atoms with Crippen molar-refractivity contribution in [2.75, 3.05) is 39.6 Å². The van der Waals surface area contributed by atoms with Crippen LogP contribution in [0.2, 0.25) is 0 Å². The lowest BCUT2D eigenvalue weighted by atomic mass is 10.0. The minimum absolute atomic E-state index is 0.106. The monoisotopic (exact) mass is 1510 g/mol. The van der Waals surface area contributed by atoms with E-state index in [9.17, 15) is 43.2 Å². The Balaban J connectivity index is 5.24. The van der Waals surface area contributed by atoms with Crippen molar-refractivity contribution in [2.45, 2.75) is 453 Å². The predicted molar refractivity (Wildman–Crippen MR) is 423 cm³/mol. The van der Waals surface area contributed by atoms with E-state index in [1.54, 1.807) is 0 Å². The molecule has 0 saturated carbocycles. The Morgan fingerprint density at radius 1 is 0.243 bits per heavy atom. The third kappa shape index (κ3) is 78.0. The van der Waals surface area contributed by atoms with Crippen LogP contribution in [-0.4, -0.2) is 96.7 Å². The van der Waals surface area contributed by atoms with Crippen molar-refractivity contribution in [3.63, 3.8) is 0 Å². The molecule has 0 aliphatic rings. The van der Waals surface area contributed by atoms with Crippen LogP contribution in [0.25, 0.3) is 0 Å². The summed E-state index contributed by atoms with van der Waals surface area (Å²) in [6.45, 7) is 14.3. The maximum atomic E-state index is 13.1. The second kappa shape index (κ2) is 72.9. The molecule has 19 heteroatoms. The van der Waals surface area contributed by atoms with E-state index in [1.165, 1.54) is 238 Å². The van der Waals surface area contributed by atoms with Crippen molar-refractivity contribution in [1.82, 2.24) is 0 Å². The molecule has 5 atom stereocenters. The summed E-state index contributed by atoms with van der Waals surface area (Å²) < 4.78 is 68.8. The van der Waals surface area contributed by atoms with Gasteiger partial charge in [0.2, 0.25) is 0 Å². The second-order valence-electron chi connectivity index (χ2n) is 32.1. The number of hydrogen-bond acceptors (Lipinski definition) is 15. The quantitative estimate of drug-likeness (QED) is 0.0222. The molecule has 0 heterocycles. The molecule has 0 fully saturated rings. The lowest BCUT2D eigenvalue weighted by molar-refractivity contribution is -0.161. The maximum absolute atomic E-state index is 13.1. The van der Waals surface area contributed by atoms with Crippen LogP contribution < -0.4 is 0 Å². The van der Waals surface area contributed by atoms with Gasteiger partial charge in [-0.1, -0.05) is 383 Å². The van der Waals surface area contributed by atoms with E-state index in [2.05, 4.69) is 55.4 Å². The van der Waals surface area contributed by atoms with Crippen molar-refractivity contribution < 1.29 is 80.2 Å². The molecule has 2 unspecified atom stereocenters. The number of carbonyl (C=O) groups is 4. The first-order valence-electron chi connectivity index (χ1n) is 43.2. The van der Waals surface area contributed by atoms with Crippen LogP contribution in [0, 0.1) is 23.7 Å². The zero-order valence-corrected chi connectivity index (χ0v) is 69.7. The Labute approximate surface area is 632 Å². The number of phosphoric ester groups is 2. The van der Waals surface area contributed by atoms with E-state index >= 15 is 0 Å². The summed E-state index contributed by atoms with van der Waals surface area (Å²) in [6, 6.07) is 0. The van der Waals surface area contributed by atoms with Gasteiger partial charge in [0.05, 0.1) is 26.4 Å². The number of phosphoric acid groups is 2. The first-order chi connectivity index (χ1) is 49.6. The summed E-state index contributed by atoms with van der Waals surface area (Å²) in [7, 11) is -9.93. The van der Waals surface area contributed by atoms with Crippen LogP contribution in [0.3, 0.4) is 0 Å². The van der Waals surface area contributed by atoms with Gasteiger partial charge < -0.3 is 33.8 Å². The van der Waals surface area contributed by atoms with E-state index in [1.807, 2.05) is 0 Å². The number of carbonyl (C=O) groups excluding carboxylic acids is 4. The van der Waals surface area contributed by atoms with Crippen LogP contribution in [-0.2, 0) is 65.4 Å². The first-order valence-corrected chi connectivity index (χ1v) is 46.2. The SMILES string of the molecule is CC(C)CCCCCCCCCCCCCCCCCCCCC(=O)O[C@H](COC(=O)CCCCCCCCCCCCCCCCC(C)C)COP(=O)(O)OC[C@@H](O)COP(=O)(O)OC[C@@H](COC(=O)CCCCCCCCCCC(C)C)OC(=O)CCCCCCCCCCCCCC(C)C. The first kappa shape index (κ1) is 101. The highest BCUT2D eigenvalue weighted by atomic mass is 31.2. The van der Waals surface area contributed by atoms with Gasteiger partial charge in [0, 0.05) is 25.7 Å². The smallest absolute Gasteiger partial charge is 0.462 e. The fourth-order valence-electron chi connectivity index (χ4n) is 13.0. The van der Waals surface area contributed by atoms with Crippen LogP contribution in [0.4, 0.5) is 0 Å². The van der Waals surface area contributed by atoms with Crippen molar-refractivity contribution in [3.05, 3.63) is 0 Å². The number of unbranched alkanes of at least 4 members (excludes halogenated alkanes) is 47. The summed E-state index contributed by atoms with van der Waals surface area (Å²) >= 11 is 0. The van der Waals surface area contributed by atoms with Gasteiger partial charge in [-0.15, -0.1) is 0 Å². The fraction of sp³-hybridized carbons (Fsp3) is 0.952. The fourth-order valence-corrected chi connectivity index (χ4v) is 14.5. The minimum Gasteiger partial charge on any atom is -0.462 e. The Hall–Kier alpha value is -1.94. The van der Waals surface area contributed by atoms with Gasteiger partial charge in [0.1, 0.15) is 19.3 Å². The summed E-state index contributed by atoms with van der Waals surface area (Å²) in [5.41, 5.74) is 0. The lowest BCUT2D eigenvalue weighted by Gasteiger charge is -2.21. The molecule has 0 amide bonds. The topological polar surface area (TPSA) is 237 Å². The van der Waals surface area contributed by atoms with E-state index in [0.717, 1.165) is 114 Å². The van der Waals surface area contributed by atoms with E-state index in [4.69, 9.17) is 37.0 Å². The molecule has 3 N–H and O–H groups in total. The predicted octanol–water partition coefficient (Wildman–Crippen LogP) is 25.2. The van der Waals surface area contributed by atoms with Crippen LogP contribution in [0.1, 0.15) is 434 Å². The highest BCUT2D eigenvalue weighted by Crippen LogP contribution is 2.45. The molecule has 0 saturated heterocycles. The molecule has 612 valence electrons. The molecule has 0 rings (SSSR count). The Morgan fingerprint density at radius 2 is 0.408 bits per heavy atom. The highest BCUT2D eigenvalue weighted by Gasteiger charge is 2.30. The number of aliphatic hydroxyl groups is 1. The van der Waals surface area contributed by atoms with Crippen molar-refractivity contribution in [3.8, 4) is 0 Å². The van der Waals surface area contributed by atoms with Crippen molar-refractivity contribution in [1.29, 1.82) is 0 Å². The van der Waals surface area contributed by atoms with Crippen LogP contribution >= 0.6 is 15.6 Å². The van der Waals surface area contributed by atoms with Crippen molar-refractivity contribution >= 4 is 39.5 Å². The molecule has 103 heavy (non-hydrogen) atoms. The zero-order chi connectivity index (χ0) is 76.0. The number of aliphatic hydroxyl groups excluding tert-OH is 1. The molecule has 0 aromatic carbocycles. The summed E-state index contributed by atoms with van der Waals surface area (Å²) in [4.78, 5) is 73.1. The Morgan fingerprint density at radius 3 is 0.602 bits per heavy atom. The number of hydrogen-bond donors (Lipinski definition) is 3. The molecular weight excluding hydrogens is 1340 g/mol. The Kier molecular flexibility index (Phi) is 71.5. The zero-order valence-electron chi connectivity index (χ0n) is 68.0. The Bertz CT molecular complexity index is 2010. The van der Waals surface area contributed by atoms with Gasteiger partial charge in [-0.05, 0) is 49.4 Å². The molecule has 0 spiro atoms. The third-order valence-electron chi connectivity index (χ3n) is 19.6. The molecule has 17 nitrogen and oxygen atoms in total. The van der Waals surface area contributed by atoms with Gasteiger partial charge in [-0.25, -0.2) is 9.13 Å². The van der Waals surface area contributed by atoms with E-state index in [0.29, 0.717) is 25.7 Å². The van der Waals surface area contributed by atoms with E-state index < -0.39 is 97.5 Å². The minimum atomic E-state index is -4.97. The summed E-state index contributed by atoms with van der Waals surface area (Å²) in [5.74, 6) is 1.00. The lowest BCUT2D eigenvalue weighted by Crippen LogP contribution is -2.30. The average molecular weight is 1510 g/mol. The largest absolute Gasteiger partial charge is 0.472 e. The van der Waals surface area contributed by atoms with E-state index in [-0.39, 0.29) is 25.7 Å². The third-order valence-corrected chi connectivity index (χ3v) is 21.5. The second-order valence-corrected chi connectivity index (χ2v) is 35.0. The molecule has 0 bridgehead atoms. The number of esters is 4. The molecular formula is C84H164O17P2. The molecule has 0 aliphatic heterocycles.